The van der Waals surface area contributed by atoms with Crippen LogP contribution in [0.2, 0.25) is 0 Å². The van der Waals surface area contributed by atoms with Crippen LogP contribution in [0.3, 0.4) is 0 Å². The highest BCUT2D eigenvalue weighted by Crippen LogP contribution is 2.39. The molecule has 0 aliphatic carbocycles. The van der Waals surface area contributed by atoms with Crippen molar-refractivity contribution in [2.75, 3.05) is 44.4 Å². The summed E-state index contributed by atoms with van der Waals surface area (Å²) in [6, 6.07) is 6.95. The lowest BCUT2D eigenvalue weighted by Crippen LogP contribution is -2.34. The Hall–Kier alpha value is -3.12. The number of hydrogen-bond donors (Lipinski definition) is 5. The normalized spacial score (nSPS) is 17.1. The first-order chi connectivity index (χ1) is 15.5. The van der Waals surface area contributed by atoms with Gasteiger partial charge in [-0.2, -0.15) is 0 Å². The number of rotatable bonds is 9. The van der Waals surface area contributed by atoms with Gasteiger partial charge in [0, 0.05) is 56.4 Å². The second-order valence-corrected chi connectivity index (χ2v) is 8.19. The average molecular weight is 435 g/mol. The van der Waals surface area contributed by atoms with Crippen LogP contribution in [-0.2, 0) is 0 Å². The van der Waals surface area contributed by atoms with Crippen LogP contribution in [0.4, 0.5) is 11.4 Å². The Morgan fingerprint density at radius 3 is 2.72 bits per heavy atom. The van der Waals surface area contributed by atoms with Crippen molar-refractivity contribution < 1.29 is 0 Å². The molecular weight excluding hydrogens is 396 g/mol. The molecule has 172 valence electrons. The molecule has 0 saturated heterocycles. The molecule has 0 amide bonds. The van der Waals surface area contributed by atoms with Crippen LogP contribution in [0.15, 0.2) is 71.5 Å². The third-order valence-electron chi connectivity index (χ3n) is 6.32. The Kier molecular flexibility index (Phi) is 7.70. The molecule has 32 heavy (non-hydrogen) atoms. The van der Waals surface area contributed by atoms with Gasteiger partial charge in [-0.25, -0.2) is 0 Å². The van der Waals surface area contributed by atoms with Gasteiger partial charge in [-0.1, -0.05) is 19.6 Å². The zero-order valence-corrected chi connectivity index (χ0v) is 20.3. The summed E-state index contributed by atoms with van der Waals surface area (Å²) in [7, 11) is 6.09. The number of dihydropyridines is 1. The van der Waals surface area contributed by atoms with E-state index in [4.69, 9.17) is 0 Å². The van der Waals surface area contributed by atoms with Gasteiger partial charge < -0.3 is 31.5 Å². The van der Waals surface area contributed by atoms with Gasteiger partial charge >= 0.3 is 0 Å². The van der Waals surface area contributed by atoms with E-state index in [2.05, 4.69) is 96.4 Å². The van der Waals surface area contributed by atoms with E-state index in [0.29, 0.717) is 0 Å². The van der Waals surface area contributed by atoms with E-state index in [1.807, 2.05) is 14.1 Å². The highest BCUT2D eigenvalue weighted by Gasteiger charge is 2.24. The molecule has 6 heteroatoms. The predicted octanol–water partition coefficient (Wildman–Crippen LogP) is 3.87. The lowest BCUT2D eigenvalue weighted by atomic mass is 9.86. The largest absolute Gasteiger partial charge is 0.394 e. The van der Waals surface area contributed by atoms with Crippen molar-refractivity contribution in [2.24, 2.45) is 0 Å². The highest BCUT2D eigenvalue weighted by atomic mass is 15.2. The molecule has 2 aliphatic heterocycles. The summed E-state index contributed by atoms with van der Waals surface area (Å²) in [5, 5.41) is 17.0. The van der Waals surface area contributed by atoms with Gasteiger partial charge in [-0.3, -0.25) is 0 Å². The fraction of sp³-hybridized carbons (Fsp3) is 0.385. The van der Waals surface area contributed by atoms with Gasteiger partial charge in [0.2, 0.25) is 0 Å². The number of nitrogens with one attached hydrogen (secondary N) is 5. The Morgan fingerprint density at radius 1 is 1.28 bits per heavy atom. The summed E-state index contributed by atoms with van der Waals surface area (Å²) in [5.41, 5.74) is 10.0. The molecule has 1 aromatic carbocycles. The van der Waals surface area contributed by atoms with Crippen LogP contribution in [0.25, 0.3) is 5.57 Å². The first-order valence-corrected chi connectivity index (χ1v) is 11.4. The number of likely N-dealkylation sites (N-methyl/N-ethyl adjacent to an activating group) is 2. The van der Waals surface area contributed by atoms with E-state index in [-0.39, 0.29) is 6.04 Å². The number of nitrogens with zero attached hydrogens (tertiary/aromatic N) is 1. The zero-order valence-electron chi connectivity index (χ0n) is 20.3. The van der Waals surface area contributed by atoms with Crippen LogP contribution in [0.1, 0.15) is 32.8 Å². The Balaban J connectivity index is 2.09. The van der Waals surface area contributed by atoms with Crippen LogP contribution < -0.4 is 31.5 Å². The van der Waals surface area contributed by atoms with E-state index in [9.17, 15) is 0 Å². The number of fused-ring (bicyclic) bond motifs is 1. The van der Waals surface area contributed by atoms with Gasteiger partial charge in [0.05, 0.1) is 5.70 Å². The van der Waals surface area contributed by atoms with E-state index in [0.717, 1.165) is 36.7 Å². The minimum Gasteiger partial charge on any atom is -0.394 e. The fourth-order valence-corrected chi connectivity index (χ4v) is 4.53. The minimum absolute atomic E-state index is 0.256. The van der Waals surface area contributed by atoms with Crippen molar-refractivity contribution in [3.8, 4) is 0 Å². The number of benzene rings is 1. The molecule has 0 fully saturated rings. The van der Waals surface area contributed by atoms with Crippen molar-refractivity contribution in [3.05, 3.63) is 77.1 Å². The topological polar surface area (TPSA) is 63.4 Å². The molecule has 2 heterocycles. The summed E-state index contributed by atoms with van der Waals surface area (Å²) in [4.78, 5) is 2.24. The lowest BCUT2D eigenvalue weighted by molar-refractivity contribution is 0.690. The summed E-state index contributed by atoms with van der Waals surface area (Å²) >= 11 is 0. The molecule has 3 rings (SSSR count). The molecule has 0 aromatic heterocycles. The first kappa shape index (κ1) is 23.5. The van der Waals surface area contributed by atoms with Gasteiger partial charge in [0.15, 0.2) is 0 Å². The third kappa shape index (κ3) is 4.55. The van der Waals surface area contributed by atoms with Crippen LogP contribution in [0, 0.1) is 0 Å². The van der Waals surface area contributed by atoms with E-state index >= 15 is 0 Å². The number of allylic oxidation sites excluding steroid dienone is 2. The molecule has 0 radical (unpaired) electrons. The number of anilines is 2. The van der Waals surface area contributed by atoms with Gasteiger partial charge in [0.25, 0.3) is 0 Å². The molecule has 6 nitrogen and oxygen atoms in total. The standard InChI is InChI=1S/C26H38N6/c1-8-20-21-14-19(32(7)25-17(3)12-13-30-26(25)29-9-2)10-11-24(21)31-16-23(20)22(15-27-5)18(4)28-6/h9-12,14-15,18,27-31H,2,8,13,16H2,1,3-7H3/b22-15+. The van der Waals surface area contributed by atoms with E-state index in [1.165, 1.54) is 33.5 Å². The smallest absolute Gasteiger partial charge is 0.128 e. The van der Waals surface area contributed by atoms with E-state index < -0.39 is 0 Å². The van der Waals surface area contributed by atoms with Crippen molar-refractivity contribution in [1.29, 1.82) is 0 Å². The second kappa shape index (κ2) is 10.5. The Morgan fingerprint density at radius 2 is 2.06 bits per heavy atom. The quantitative estimate of drug-likeness (QED) is 0.407. The van der Waals surface area contributed by atoms with E-state index in [1.54, 1.807) is 6.20 Å². The summed E-state index contributed by atoms with van der Waals surface area (Å²) < 4.78 is 0. The minimum atomic E-state index is 0.256. The molecule has 1 atom stereocenters. The zero-order chi connectivity index (χ0) is 23.3. The molecule has 0 bridgehead atoms. The number of hydrogen-bond acceptors (Lipinski definition) is 6. The maximum Gasteiger partial charge on any atom is 0.128 e. The van der Waals surface area contributed by atoms with Gasteiger partial charge in [-0.05, 0) is 74.0 Å². The van der Waals surface area contributed by atoms with Crippen LogP contribution in [-0.4, -0.2) is 40.3 Å². The van der Waals surface area contributed by atoms with Crippen molar-refractivity contribution in [3.63, 3.8) is 0 Å². The average Bonchev–Trinajstić information content (AvgIpc) is 2.81. The molecule has 0 saturated carbocycles. The molecule has 0 spiro atoms. The Labute approximate surface area is 193 Å². The molecule has 1 unspecified atom stereocenters. The summed E-state index contributed by atoms with van der Waals surface area (Å²) in [6.07, 6.45) is 7.02. The fourth-order valence-electron chi connectivity index (χ4n) is 4.53. The lowest BCUT2D eigenvalue weighted by Gasteiger charge is -2.32. The SMILES string of the molecule is C=CNC1=C(N(C)c2ccc3c(c2)C(CC)=C(/C(=C/NC)C(C)NC)CN3)C(C)=CCN1. The van der Waals surface area contributed by atoms with Crippen molar-refractivity contribution in [1.82, 2.24) is 21.3 Å². The second-order valence-electron chi connectivity index (χ2n) is 8.19. The molecular formula is C26H38N6. The van der Waals surface area contributed by atoms with Crippen molar-refractivity contribution >= 4 is 16.9 Å². The monoisotopic (exact) mass is 434 g/mol. The molecule has 5 N–H and O–H groups in total. The highest BCUT2D eigenvalue weighted by molar-refractivity contribution is 5.86. The first-order valence-electron chi connectivity index (χ1n) is 11.4. The molecule has 1 aromatic rings. The predicted molar refractivity (Wildman–Crippen MR) is 138 cm³/mol. The van der Waals surface area contributed by atoms with Gasteiger partial charge in [0.1, 0.15) is 5.82 Å². The summed E-state index contributed by atoms with van der Waals surface area (Å²) in [6.45, 7) is 12.1. The summed E-state index contributed by atoms with van der Waals surface area (Å²) in [5.74, 6) is 0.979. The van der Waals surface area contributed by atoms with Crippen molar-refractivity contribution in [2.45, 2.75) is 33.2 Å². The molecule has 2 aliphatic rings. The maximum absolute atomic E-state index is 3.83. The van der Waals surface area contributed by atoms with Crippen LogP contribution >= 0.6 is 0 Å². The van der Waals surface area contributed by atoms with Gasteiger partial charge in [-0.15, -0.1) is 0 Å². The van der Waals surface area contributed by atoms with Crippen LogP contribution in [0.5, 0.6) is 0 Å². The maximum atomic E-state index is 3.83. The third-order valence-corrected chi connectivity index (χ3v) is 6.32. The Bertz CT molecular complexity index is 982.